The van der Waals surface area contributed by atoms with Crippen LogP contribution in [0.5, 0.6) is 5.75 Å². The number of carboxylic acid groups (broad SMARTS) is 1. The van der Waals surface area contributed by atoms with Crippen molar-refractivity contribution in [2.45, 2.75) is 79.3 Å². The van der Waals surface area contributed by atoms with Gasteiger partial charge in [0, 0.05) is 23.7 Å². The molecule has 0 saturated heterocycles. The summed E-state index contributed by atoms with van der Waals surface area (Å²) >= 11 is 0. The molecule has 0 radical (unpaired) electrons. The molecule has 5 nitrogen and oxygen atoms in total. The van der Waals surface area contributed by atoms with E-state index in [1.54, 1.807) is 13.8 Å². The third-order valence-electron chi connectivity index (χ3n) is 7.49. The van der Waals surface area contributed by atoms with Crippen LogP contribution in [0, 0.1) is 5.41 Å². The number of nitrogens with zero attached hydrogens (tertiary/aromatic N) is 1. The Balaban J connectivity index is 1.69. The average Bonchev–Trinajstić information content (AvgIpc) is 2.91. The number of benzene rings is 3. The van der Waals surface area contributed by atoms with Crippen molar-refractivity contribution in [3.05, 3.63) is 83.9 Å². The number of hydrogen-bond donors (Lipinski definition) is 1. The molecule has 0 spiro atoms. The van der Waals surface area contributed by atoms with E-state index in [4.69, 9.17) is 9.84 Å². The number of carbonyl (C=O) groups excluding carboxylic acids is 1. The number of aliphatic carboxylic acids is 1. The molecule has 0 fully saturated rings. The Kier molecular flexibility index (Phi) is 10.3. The van der Waals surface area contributed by atoms with E-state index in [0.29, 0.717) is 17.7 Å². The molecule has 5 heteroatoms. The Morgan fingerprint density at radius 2 is 1.54 bits per heavy atom. The summed E-state index contributed by atoms with van der Waals surface area (Å²) in [5.41, 5.74) is 5.09. The SMILES string of the molecule is CCC(CC)c1ccc(N(Cc2cccc(-c3ccc(OCC(=O)C(C)(C)CC(=O)O)cc3)c2)C(C)C)cc1. The fourth-order valence-electron chi connectivity index (χ4n) is 4.88. The largest absolute Gasteiger partial charge is 0.486 e. The van der Waals surface area contributed by atoms with Gasteiger partial charge in [0.2, 0.25) is 0 Å². The molecule has 3 rings (SSSR count). The first-order valence-corrected chi connectivity index (χ1v) is 14.0. The van der Waals surface area contributed by atoms with Crippen LogP contribution in [0.15, 0.2) is 72.8 Å². The van der Waals surface area contributed by atoms with Crippen LogP contribution in [0.1, 0.15) is 77.8 Å². The quantitative estimate of drug-likeness (QED) is 0.228. The monoisotopic (exact) mass is 529 g/mol. The number of carboxylic acids is 1. The minimum absolute atomic E-state index is 0.154. The van der Waals surface area contributed by atoms with E-state index in [1.165, 1.54) is 16.8 Å². The summed E-state index contributed by atoms with van der Waals surface area (Å²) < 4.78 is 5.67. The Morgan fingerprint density at radius 3 is 2.10 bits per heavy atom. The molecular formula is C34H43NO4. The van der Waals surface area contributed by atoms with E-state index in [0.717, 1.165) is 30.5 Å². The normalized spacial score (nSPS) is 11.6. The molecule has 0 bridgehead atoms. The topological polar surface area (TPSA) is 66.8 Å². The van der Waals surface area contributed by atoms with Crippen molar-refractivity contribution in [3.8, 4) is 16.9 Å². The lowest BCUT2D eigenvalue weighted by molar-refractivity contribution is -0.144. The molecule has 3 aromatic rings. The van der Waals surface area contributed by atoms with Gasteiger partial charge in [-0.25, -0.2) is 0 Å². The number of anilines is 1. The first-order chi connectivity index (χ1) is 18.5. The lowest BCUT2D eigenvalue weighted by Crippen LogP contribution is -2.31. The van der Waals surface area contributed by atoms with Crippen LogP contribution in [0.25, 0.3) is 11.1 Å². The van der Waals surface area contributed by atoms with Crippen molar-refractivity contribution in [3.63, 3.8) is 0 Å². The molecule has 3 aromatic carbocycles. The second-order valence-corrected chi connectivity index (χ2v) is 11.2. The van der Waals surface area contributed by atoms with Gasteiger partial charge >= 0.3 is 5.97 Å². The molecule has 0 aliphatic carbocycles. The van der Waals surface area contributed by atoms with Gasteiger partial charge < -0.3 is 14.7 Å². The van der Waals surface area contributed by atoms with Crippen LogP contribution in [0.3, 0.4) is 0 Å². The fraction of sp³-hybridized carbons (Fsp3) is 0.412. The van der Waals surface area contributed by atoms with Crippen LogP contribution < -0.4 is 9.64 Å². The highest BCUT2D eigenvalue weighted by Crippen LogP contribution is 2.29. The molecule has 1 N–H and O–H groups in total. The molecule has 0 aromatic heterocycles. The van der Waals surface area contributed by atoms with E-state index >= 15 is 0 Å². The van der Waals surface area contributed by atoms with Crippen molar-refractivity contribution < 1.29 is 19.4 Å². The van der Waals surface area contributed by atoms with E-state index in [1.807, 2.05) is 24.3 Å². The lowest BCUT2D eigenvalue weighted by atomic mass is 9.85. The maximum absolute atomic E-state index is 12.4. The van der Waals surface area contributed by atoms with Crippen LogP contribution in [0.2, 0.25) is 0 Å². The van der Waals surface area contributed by atoms with Crippen LogP contribution in [-0.4, -0.2) is 29.5 Å². The molecule has 0 heterocycles. The number of rotatable bonds is 14. The van der Waals surface area contributed by atoms with Gasteiger partial charge in [-0.2, -0.15) is 0 Å². The summed E-state index contributed by atoms with van der Waals surface area (Å²) in [6.45, 7) is 12.9. The number of ether oxygens (including phenoxy) is 1. The zero-order valence-corrected chi connectivity index (χ0v) is 24.2. The van der Waals surface area contributed by atoms with E-state index in [2.05, 4.69) is 81.1 Å². The highest BCUT2D eigenvalue weighted by atomic mass is 16.5. The van der Waals surface area contributed by atoms with Crippen molar-refractivity contribution >= 4 is 17.4 Å². The van der Waals surface area contributed by atoms with Gasteiger partial charge in [-0.05, 0) is 85.2 Å². The van der Waals surface area contributed by atoms with Gasteiger partial charge in [-0.1, -0.05) is 70.2 Å². The maximum atomic E-state index is 12.4. The Hall–Kier alpha value is -3.60. The fourth-order valence-corrected chi connectivity index (χ4v) is 4.88. The zero-order chi connectivity index (χ0) is 28.6. The first kappa shape index (κ1) is 29.9. The predicted octanol–water partition coefficient (Wildman–Crippen LogP) is 8.12. The third-order valence-corrected chi connectivity index (χ3v) is 7.49. The standard InChI is InChI=1S/C34H43NO4/c1-7-26(8-2)27-12-16-30(17-13-27)35(24(3)4)22-25-10-9-11-29(20-25)28-14-18-31(19-15-28)39-23-32(36)34(5,6)21-33(37)38/h9-20,24,26H,7-8,21-23H2,1-6H3,(H,37,38). The Labute approximate surface area is 233 Å². The maximum Gasteiger partial charge on any atom is 0.304 e. The van der Waals surface area contributed by atoms with Gasteiger partial charge in [-0.15, -0.1) is 0 Å². The lowest BCUT2D eigenvalue weighted by Gasteiger charge is -2.30. The molecular weight excluding hydrogens is 486 g/mol. The molecule has 0 atom stereocenters. The summed E-state index contributed by atoms with van der Waals surface area (Å²) in [5, 5.41) is 9.02. The van der Waals surface area contributed by atoms with E-state index < -0.39 is 11.4 Å². The summed E-state index contributed by atoms with van der Waals surface area (Å²) in [6, 6.07) is 25.7. The van der Waals surface area contributed by atoms with E-state index in [9.17, 15) is 9.59 Å². The smallest absolute Gasteiger partial charge is 0.304 e. The summed E-state index contributed by atoms with van der Waals surface area (Å²) in [5.74, 6) is -0.0329. The van der Waals surface area contributed by atoms with E-state index in [-0.39, 0.29) is 18.8 Å². The van der Waals surface area contributed by atoms with Crippen molar-refractivity contribution in [1.82, 2.24) is 0 Å². The van der Waals surface area contributed by atoms with Crippen LogP contribution in [-0.2, 0) is 16.1 Å². The van der Waals surface area contributed by atoms with Gasteiger partial charge in [0.25, 0.3) is 0 Å². The zero-order valence-electron chi connectivity index (χ0n) is 24.2. The third kappa shape index (κ3) is 8.19. The Morgan fingerprint density at radius 1 is 0.897 bits per heavy atom. The first-order valence-electron chi connectivity index (χ1n) is 14.0. The number of hydrogen-bond acceptors (Lipinski definition) is 4. The minimum atomic E-state index is -0.994. The second kappa shape index (κ2) is 13.5. The van der Waals surface area contributed by atoms with Gasteiger partial charge in [0.05, 0.1) is 6.42 Å². The number of Topliss-reactive ketones (excluding diaryl/α,β-unsaturated/α-hetero) is 1. The van der Waals surface area contributed by atoms with Crippen LogP contribution in [0.4, 0.5) is 5.69 Å². The second-order valence-electron chi connectivity index (χ2n) is 11.2. The molecule has 0 saturated carbocycles. The minimum Gasteiger partial charge on any atom is -0.486 e. The van der Waals surface area contributed by atoms with Gasteiger partial charge in [0.15, 0.2) is 5.78 Å². The predicted molar refractivity (Wildman–Crippen MR) is 159 cm³/mol. The highest BCUT2D eigenvalue weighted by molar-refractivity contribution is 5.89. The van der Waals surface area contributed by atoms with Crippen molar-refractivity contribution in [1.29, 1.82) is 0 Å². The summed E-state index contributed by atoms with van der Waals surface area (Å²) in [4.78, 5) is 25.9. The summed E-state index contributed by atoms with van der Waals surface area (Å²) in [6.07, 6.45) is 2.10. The summed E-state index contributed by atoms with van der Waals surface area (Å²) in [7, 11) is 0. The molecule has 208 valence electrons. The van der Waals surface area contributed by atoms with Gasteiger partial charge in [0.1, 0.15) is 12.4 Å². The molecule has 0 amide bonds. The molecule has 39 heavy (non-hydrogen) atoms. The van der Waals surface area contributed by atoms with Gasteiger partial charge in [-0.3, -0.25) is 9.59 Å². The molecule has 0 aliphatic rings. The highest BCUT2D eigenvalue weighted by Gasteiger charge is 2.30. The molecule has 0 unspecified atom stereocenters. The van der Waals surface area contributed by atoms with Crippen LogP contribution >= 0.6 is 0 Å². The number of ketones is 1. The average molecular weight is 530 g/mol. The Bertz CT molecular complexity index is 1220. The van der Waals surface area contributed by atoms with Crippen molar-refractivity contribution in [2.24, 2.45) is 5.41 Å². The number of carbonyl (C=O) groups is 2. The van der Waals surface area contributed by atoms with Crippen molar-refractivity contribution in [2.75, 3.05) is 11.5 Å². The molecule has 0 aliphatic heterocycles.